The molecule has 0 amide bonds. The smallest absolute Gasteiger partial charge is 0.118 e. The minimum Gasteiger partial charge on any atom is -0.497 e. The zero-order chi connectivity index (χ0) is 12.1. The molecule has 1 N–H and O–H groups in total. The molecule has 0 heterocycles. The minimum atomic E-state index is 0.753. The van der Waals surface area contributed by atoms with Crippen molar-refractivity contribution >= 4 is 0 Å². The Kier molecular flexibility index (Phi) is 4.43. The normalized spacial score (nSPS) is 23.9. The molecule has 1 aliphatic carbocycles. The summed E-state index contributed by atoms with van der Waals surface area (Å²) in [5, 5.41) is 3.66. The first-order valence-electron chi connectivity index (χ1n) is 6.64. The third-order valence-corrected chi connectivity index (χ3v) is 3.70. The number of hydrogen-bond acceptors (Lipinski definition) is 2. The lowest BCUT2D eigenvalue weighted by Gasteiger charge is -2.12. The number of nitrogens with one attached hydrogen (secondary N) is 1. The van der Waals surface area contributed by atoms with Crippen LogP contribution in [-0.4, -0.2) is 19.7 Å². The molecule has 0 spiro atoms. The van der Waals surface area contributed by atoms with Gasteiger partial charge in [0.1, 0.15) is 5.75 Å². The van der Waals surface area contributed by atoms with Gasteiger partial charge in [0.25, 0.3) is 0 Å². The van der Waals surface area contributed by atoms with Gasteiger partial charge in [-0.25, -0.2) is 0 Å². The summed E-state index contributed by atoms with van der Waals surface area (Å²) in [4.78, 5) is 0. The molecule has 94 valence electrons. The molecule has 0 aliphatic heterocycles. The molecule has 1 aromatic rings. The van der Waals surface area contributed by atoms with E-state index < -0.39 is 0 Å². The molecule has 2 rings (SSSR count). The van der Waals surface area contributed by atoms with E-state index in [9.17, 15) is 0 Å². The van der Waals surface area contributed by atoms with Crippen molar-refractivity contribution in [3.63, 3.8) is 0 Å². The Bertz CT molecular complexity index is 333. The van der Waals surface area contributed by atoms with Crippen LogP contribution in [0.25, 0.3) is 0 Å². The number of methoxy groups -OCH3 is 1. The van der Waals surface area contributed by atoms with E-state index in [1.165, 1.54) is 24.8 Å². The van der Waals surface area contributed by atoms with Crippen LogP contribution >= 0.6 is 0 Å². The van der Waals surface area contributed by atoms with E-state index in [0.29, 0.717) is 0 Å². The van der Waals surface area contributed by atoms with E-state index in [-0.39, 0.29) is 0 Å². The predicted molar refractivity (Wildman–Crippen MR) is 71.5 cm³/mol. The molecule has 0 aromatic heterocycles. The van der Waals surface area contributed by atoms with E-state index in [0.717, 1.165) is 30.7 Å². The average Bonchev–Trinajstić information content (AvgIpc) is 2.76. The standard InChI is InChI=1S/C15H23NO/c1-12-3-6-14(11-12)16-10-9-13-4-7-15(17-2)8-5-13/h4-5,7-8,12,14,16H,3,6,9-11H2,1-2H3/t12-,14+/m1/s1. The highest BCUT2D eigenvalue weighted by molar-refractivity contribution is 5.27. The van der Waals surface area contributed by atoms with Gasteiger partial charge in [0.2, 0.25) is 0 Å². The third-order valence-electron chi connectivity index (χ3n) is 3.70. The van der Waals surface area contributed by atoms with Crippen molar-refractivity contribution in [3.05, 3.63) is 29.8 Å². The molecule has 1 saturated carbocycles. The molecule has 1 aliphatic rings. The van der Waals surface area contributed by atoms with Gasteiger partial charge in [0.15, 0.2) is 0 Å². The van der Waals surface area contributed by atoms with Gasteiger partial charge in [-0.2, -0.15) is 0 Å². The molecule has 2 heteroatoms. The lowest BCUT2D eigenvalue weighted by molar-refractivity contribution is 0.414. The summed E-state index contributed by atoms with van der Waals surface area (Å²) in [5.74, 6) is 1.85. The second kappa shape index (κ2) is 6.06. The Morgan fingerprint density at radius 1 is 1.24 bits per heavy atom. The molecule has 0 bridgehead atoms. The Labute approximate surface area is 104 Å². The molecular weight excluding hydrogens is 210 g/mol. The van der Waals surface area contributed by atoms with Crippen molar-refractivity contribution in [2.75, 3.05) is 13.7 Å². The predicted octanol–water partition coefficient (Wildman–Crippen LogP) is 3.02. The summed E-state index contributed by atoms with van der Waals surface area (Å²) in [6.45, 7) is 3.44. The van der Waals surface area contributed by atoms with Crippen LogP contribution in [0.5, 0.6) is 5.75 Å². The van der Waals surface area contributed by atoms with Crippen LogP contribution in [0.2, 0.25) is 0 Å². The SMILES string of the molecule is COc1ccc(CCN[C@H]2CC[C@@H](C)C2)cc1. The van der Waals surface area contributed by atoms with Gasteiger partial charge in [-0.3, -0.25) is 0 Å². The molecule has 1 aromatic carbocycles. The van der Waals surface area contributed by atoms with Crippen LogP contribution in [0.1, 0.15) is 31.7 Å². The van der Waals surface area contributed by atoms with Gasteiger partial charge in [-0.1, -0.05) is 19.1 Å². The van der Waals surface area contributed by atoms with Crippen LogP contribution in [0.4, 0.5) is 0 Å². The Morgan fingerprint density at radius 2 is 2.00 bits per heavy atom. The molecule has 2 atom stereocenters. The van der Waals surface area contributed by atoms with Crippen molar-refractivity contribution in [2.24, 2.45) is 5.92 Å². The van der Waals surface area contributed by atoms with Gasteiger partial charge in [-0.05, 0) is 55.8 Å². The Morgan fingerprint density at radius 3 is 2.59 bits per heavy atom. The van der Waals surface area contributed by atoms with Crippen molar-refractivity contribution in [3.8, 4) is 5.75 Å². The summed E-state index contributed by atoms with van der Waals surface area (Å²) in [7, 11) is 1.71. The molecule has 0 radical (unpaired) electrons. The summed E-state index contributed by atoms with van der Waals surface area (Å²) < 4.78 is 5.15. The number of rotatable bonds is 5. The zero-order valence-electron chi connectivity index (χ0n) is 10.9. The van der Waals surface area contributed by atoms with Crippen LogP contribution in [-0.2, 0) is 6.42 Å². The van der Waals surface area contributed by atoms with Gasteiger partial charge >= 0.3 is 0 Å². The lowest BCUT2D eigenvalue weighted by Crippen LogP contribution is -2.28. The van der Waals surface area contributed by atoms with Crippen molar-refractivity contribution in [1.82, 2.24) is 5.32 Å². The second-order valence-electron chi connectivity index (χ2n) is 5.17. The topological polar surface area (TPSA) is 21.3 Å². The van der Waals surface area contributed by atoms with E-state index >= 15 is 0 Å². The summed E-state index contributed by atoms with van der Waals surface area (Å²) in [6.07, 6.45) is 5.20. The fraction of sp³-hybridized carbons (Fsp3) is 0.600. The van der Waals surface area contributed by atoms with E-state index in [4.69, 9.17) is 4.74 Å². The molecular formula is C15H23NO. The van der Waals surface area contributed by atoms with Crippen molar-refractivity contribution in [1.29, 1.82) is 0 Å². The number of hydrogen-bond donors (Lipinski definition) is 1. The van der Waals surface area contributed by atoms with E-state index in [1.54, 1.807) is 7.11 Å². The Balaban J connectivity index is 1.70. The average molecular weight is 233 g/mol. The molecule has 17 heavy (non-hydrogen) atoms. The fourth-order valence-electron chi connectivity index (χ4n) is 2.61. The Hall–Kier alpha value is -1.02. The molecule has 2 nitrogen and oxygen atoms in total. The minimum absolute atomic E-state index is 0.753. The maximum atomic E-state index is 5.15. The molecule has 1 fully saturated rings. The van der Waals surface area contributed by atoms with E-state index in [1.807, 2.05) is 12.1 Å². The van der Waals surface area contributed by atoms with Crippen molar-refractivity contribution in [2.45, 2.75) is 38.6 Å². The highest BCUT2D eigenvalue weighted by Crippen LogP contribution is 2.24. The van der Waals surface area contributed by atoms with E-state index in [2.05, 4.69) is 24.4 Å². The quantitative estimate of drug-likeness (QED) is 0.844. The van der Waals surface area contributed by atoms with Crippen molar-refractivity contribution < 1.29 is 4.74 Å². The first kappa shape index (κ1) is 12.4. The van der Waals surface area contributed by atoms with Gasteiger partial charge in [0, 0.05) is 6.04 Å². The second-order valence-corrected chi connectivity index (χ2v) is 5.17. The third kappa shape index (κ3) is 3.74. The monoisotopic (exact) mass is 233 g/mol. The van der Waals surface area contributed by atoms with Gasteiger partial charge in [-0.15, -0.1) is 0 Å². The highest BCUT2D eigenvalue weighted by Gasteiger charge is 2.19. The lowest BCUT2D eigenvalue weighted by atomic mass is 10.1. The van der Waals surface area contributed by atoms with Crippen LogP contribution in [0, 0.1) is 5.92 Å². The maximum absolute atomic E-state index is 5.15. The number of ether oxygens (including phenoxy) is 1. The maximum Gasteiger partial charge on any atom is 0.118 e. The van der Waals surface area contributed by atoms with Gasteiger partial charge in [0.05, 0.1) is 7.11 Å². The zero-order valence-corrected chi connectivity index (χ0v) is 10.9. The largest absolute Gasteiger partial charge is 0.497 e. The summed E-state index contributed by atoms with van der Waals surface area (Å²) in [6, 6.07) is 9.12. The van der Waals surface area contributed by atoms with Gasteiger partial charge < -0.3 is 10.1 Å². The van der Waals surface area contributed by atoms with Crippen LogP contribution in [0.15, 0.2) is 24.3 Å². The van der Waals surface area contributed by atoms with Crippen LogP contribution < -0.4 is 10.1 Å². The first-order valence-corrected chi connectivity index (χ1v) is 6.64. The summed E-state index contributed by atoms with van der Waals surface area (Å²) >= 11 is 0. The fourth-order valence-corrected chi connectivity index (χ4v) is 2.61. The molecule has 0 saturated heterocycles. The first-order chi connectivity index (χ1) is 8.28. The van der Waals surface area contributed by atoms with Crippen LogP contribution in [0.3, 0.4) is 0 Å². The molecule has 0 unspecified atom stereocenters. The highest BCUT2D eigenvalue weighted by atomic mass is 16.5. The number of benzene rings is 1. The summed E-state index contributed by atoms with van der Waals surface area (Å²) in [5.41, 5.74) is 1.38.